The Labute approximate surface area is 130 Å². The summed E-state index contributed by atoms with van der Waals surface area (Å²) in [5, 5.41) is 4.81. The van der Waals surface area contributed by atoms with E-state index in [1.807, 2.05) is 11.8 Å². The molecule has 0 aliphatic carbocycles. The van der Waals surface area contributed by atoms with Gasteiger partial charge in [-0.3, -0.25) is 0 Å². The molecular weight excluding hydrogens is 284 g/mol. The predicted octanol–water partition coefficient (Wildman–Crippen LogP) is 5.71. The third kappa shape index (κ3) is 4.19. The summed E-state index contributed by atoms with van der Waals surface area (Å²) in [6.07, 6.45) is 10.6. The molecule has 2 rings (SSSR count). The number of hydrogen-bond acceptors (Lipinski definition) is 4. The summed E-state index contributed by atoms with van der Waals surface area (Å²) in [5.41, 5.74) is 1.46. The summed E-state index contributed by atoms with van der Waals surface area (Å²) in [4.78, 5) is 10.1. The molecule has 0 aliphatic heterocycles. The summed E-state index contributed by atoms with van der Waals surface area (Å²) < 4.78 is 0. The van der Waals surface area contributed by atoms with Gasteiger partial charge in [0.05, 0.1) is 0 Å². The van der Waals surface area contributed by atoms with Crippen LogP contribution in [0.25, 0.3) is 10.2 Å². The first-order valence-electron chi connectivity index (χ1n) is 7.70. The lowest BCUT2D eigenvalue weighted by Gasteiger charge is -2.04. The molecule has 0 unspecified atom stereocenters. The standard InChI is InChI=1S/C16H24N2S2/c1-3-5-7-9-13-11-20-16-14(13)15(17-12-18-16)19-10-8-6-4-2/h11-12H,3-10H2,1-2H3. The van der Waals surface area contributed by atoms with Crippen molar-refractivity contribution in [3.63, 3.8) is 0 Å². The minimum atomic E-state index is 1.16. The Kier molecular flexibility index (Phi) is 6.80. The fourth-order valence-corrected chi connectivity index (χ4v) is 4.33. The van der Waals surface area contributed by atoms with E-state index in [4.69, 9.17) is 0 Å². The first kappa shape index (κ1) is 15.8. The summed E-state index contributed by atoms with van der Waals surface area (Å²) in [7, 11) is 0. The second-order valence-corrected chi connectivity index (χ2v) is 7.07. The van der Waals surface area contributed by atoms with Gasteiger partial charge in [-0.2, -0.15) is 0 Å². The topological polar surface area (TPSA) is 25.8 Å². The quantitative estimate of drug-likeness (QED) is 0.337. The van der Waals surface area contributed by atoms with E-state index >= 15 is 0 Å². The zero-order valence-electron chi connectivity index (χ0n) is 12.5. The Morgan fingerprint density at radius 3 is 2.65 bits per heavy atom. The zero-order valence-corrected chi connectivity index (χ0v) is 14.2. The monoisotopic (exact) mass is 308 g/mol. The van der Waals surface area contributed by atoms with Crippen molar-refractivity contribution in [3.8, 4) is 0 Å². The van der Waals surface area contributed by atoms with Gasteiger partial charge in [-0.1, -0.05) is 39.5 Å². The van der Waals surface area contributed by atoms with Crippen molar-refractivity contribution >= 4 is 33.3 Å². The molecule has 2 aromatic rings. The summed E-state index contributed by atoms with van der Waals surface area (Å²) >= 11 is 3.67. The number of thioether (sulfide) groups is 1. The molecule has 2 nitrogen and oxygen atoms in total. The fraction of sp³-hybridized carbons (Fsp3) is 0.625. The van der Waals surface area contributed by atoms with Crippen molar-refractivity contribution in [3.05, 3.63) is 17.3 Å². The number of nitrogens with zero attached hydrogens (tertiary/aromatic N) is 2. The molecule has 0 aromatic carbocycles. The maximum absolute atomic E-state index is 4.52. The van der Waals surface area contributed by atoms with Crippen LogP contribution in [0.2, 0.25) is 0 Å². The van der Waals surface area contributed by atoms with Gasteiger partial charge in [0.25, 0.3) is 0 Å². The van der Waals surface area contributed by atoms with Crippen LogP contribution in [0, 0.1) is 0 Å². The molecular formula is C16H24N2S2. The van der Waals surface area contributed by atoms with Gasteiger partial charge in [0.2, 0.25) is 0 Å². The van der Waals surface area contributed by atoms with E-state index in [1.165, 1.54) is 66.7 Å². The molecule has 2 aromatic heterocycles. The van der Waals surface area contributed by atoms with Crippen LogP contribution in [-0.2, 0) is 6.42 Å². The smallest absolute Gasteiger partial charge is 0.128 e. The molecule has 4 heteroatoms. The molecule has 0 amide bonds. The van der Waals surface area contributed by atoms with Crippen LogP contribution in [0.3, 0.4) is 0 Å². The van der Waals surface area contributed by atoms with Gasteiger partial charge in [-0.15, -0.1) is 23.1 Å². The Bertz CT molecular complexity index is 522. The highest BCUT2D eigenvalue weighted by atomic mass is 32.2. The van der Waals surface area contributed by atoms with Crippen molar-refractivity contribution in [2.24, 2.45) is 0 Å². The summed E-state index contributed by atoms with van der Waals surface area (Å²) in [6, 6.07) is 0. The van der Waals surface area contributed by atoms with Gasteiger partial charge in [0, 0.05) is 5.39 Å². The van der Waals surface area contributed by atoms with E-state index < -0.39 is 0 Å². The molecule has 0 radical (unpaired) electrons. The predicted molar refractivity (Wildman–Crippen MR) is 90.9 cm³/mol. The molecule has 0 saturated carbocycles. The van der Waals surface area contributed by atoms with E-state index in [0.29, 0.717) is 0 Å². The van der Waals surface area contributed by atoms with Crippen molar-refractivity contribution in [2.75, 3.05) is 5.75 Å². The number of fused-ring (bicyclic) bond motifs is 1. The van der Waals surface area contributed by atoms with Gasteiger partial charge in [0.15, 0.2) is 0 Å². The first-order chi connectivity index (χ1) is 9.86. The lowest BCUT2D eigenvalue weighted by molar-refractivity contribution is 0.720. The number of aromatic nitrogens is 2. The van der Waals surface area contributed by atoms with Crippen molar-refractivity contribution in [2.45, 2.75) is 63.8 Å². The Morgan fingerprint density at radius 2 is 1.85 bits per heavy atom. The molecule has 0 fully saturated rings. The molecule has 110 valence electrons. The van der Waals surface area contributed by atoms with Crippen LogP contribution in [-0.4, -0.2) is 15.7 Å². The summed E-state index contributed by atoms with van der Waals surface area (Å²) in [6.45, 7) is 4.50. The third-order valence-corrected chi connectivity index (χ3v) is 5.46. The lowest BCUT2D eigenvalue weighted by Crippen LogP contribution is -1.90. The highest BCUT2D eigenvalue weighted by Crippen LogP contribution is 2.33. The maximum Gasteiger partial charge on any atom is 0.128 e. The maximum atomic E-state index is 4.52. The van der Waals surface area contributed by atoms with Crippen molar-refractivity contribution in [1.82, 2.24) is 9.97 Å². The second kappa shape index (κ2) is 8.63. The van der Waals surface area contributed by atoms with Gasteiger partial charge in [0.1, 0.15) is 16.2 Å². The molecule has 0 aliphatic rings. The van der Waals surface area contributed by atoms with Crippen LogP contribution < -0.4 is 0 Å². The molecule has 20 heavy (non-hydrogen) atoms. The first-order valence-corrected chi connectivity index (χ1v) is 9.57. The van der Waals surface area contributed by atoms with Crippen LogP contribution in [0.15, 0.2) is 16.7 Å². The van der Waals surface area contributed by atoms with E-state index in [-0.39, 0.29) is 0 Å². The largest absolute Gasteiger partial charge is 0.229 e. The fourth-order valence-electron chi connectivity index (χ4n) is 2.28. The Morgan fingerprint density at radius 1 is 1.05 bits per heavy atom. The SMILES string of the molecule is CCCCCSc1ncnc2scc(CCCCC)c12. The molecule has 0 spiro atoms. The molecule has 0 N–H and O–H groups in total. The lowest BCUT2D eigenvalue weighted by atomic mass is 10.1. The number of unbranched alkanes of at least 4 members (excludes halogenated alkanes) is 4. The van der Waals surface area contributed by atoms with Crippen LogP contribution in [0.1, 0.15) is 57.9 Å². The van der Waals surface area contributed by atoms with Gasteiger partial charge in [-0.25, -0.2) is 9.97 Å². The van der Waals surface area contributed by atoms with Gasteiger partial charge in [-0.05, 0) is 36.0 Å². The average molecular weight is 309 g/mol. The van der Waals surface area contributed by atoms with Crippen molar-refractivity contribution in [1.29, 1.82) is 0 Å². The van der Waals surface area contributed by atoms with E-state index in [0.717, 1.165) is 4.83 Å². The number of rotatable bonds is 9. The van der Waals surface area contributed by atoms with E-state index in [1.54, 1.807) is 17.7 Å². The molecule has 0 saturated heterocycles. The zero-order chi connectivity index (χ0) is 14.2. The number of thiophene rings is 1. The Hall–Kier alpha value is -0.610. The van der Waals surface area contributed by atoms with E-state index in [2.05, 4.69) is 29.2 Å². The molecule has 0 atom stereocenters. The van der Waals surface area contributed by atoms with Gasteiger partial charge < -0.3 is 0 Å². The minimum Gasteiger partial charge on any atom is -0.229 e. The number of hydrogen-bond donors (Lipinski definition) is 0. The summed E-state index contributed by atoms with van der Waals surface area (Å²) in [5.74, 6) is 1.17. The van der Waals surface area contributed by atoms with Crippen LogP contribution >= 0.6 is 23.1 Å². The normalized spacial score (nSPS) is 11.3. The van der Waals surface area contributed by atoms with Gasteiger partial charge >= 0.3 is 0 Å². The second-order valence-electron chi connectivity index (χ2n) is 5.13. The average Bonchev–Trinajstić information content (AvgIpc) is 2.88. The highest BCUT2D eigenvalue weighted by molar-refractivity contribution is 7.99. The van der Waals surface area contributed by atoms with Crippen LogP contribution in [0.5, 0.6) is 0 Å². The van der Waals surface area contributed by atoms with Crippen molar-refractivity contribution < 1.29 is 0 Å². The minimum absolute atomic E-state index is 1.16. The van der Waals surface area contributed by atoms with Crippen LogP contribution in [0.4, 0.5) is 0 Å². The highest BCUT2D eigenvalue weighted by Gasteiger charge is 2.11. The Balaban J connectivity index is 2.09. The molecule has 0 bridgehead atoms. The number of aryl methyl sites for hydroxylation is 1. The molecule has 2 heterocycles. The third-order valence-electron chi connectivity index (χ3n) is 3.45. The van der Waals surface area contributed by atoms with E-state index in [9.17, 15) is 0 Å².